The second-order valence-electron chi connectivity index (χ2n) is 4.01. The number of aliphatic hydroxyl groups is 2. The molecule has 0 amide bonds. The van der Waals surface area contributed by atoms with E-state index in [1.807, 2.05) is 13.8 Å². The number of rotatable bonds is 2. The normalized spacial score (nSPS) is 46.4. The fourth-order valence-corrected chi connectivity index (χ4v) is 1.90. The van der Waals surface area contributed by atoms with Crippen molar-refractivity contribution in [3.05, 3.63) is 0 Å². The van der Waals surface area contributed by atoms with E-state index in [1.54, 1.807) is 0 Å². The molecule has 0 bridgehead atoms. The molecule has 1 fully saturated rings. The quantitative estimate of drug-likeness (QED) is 0.678. The Kier molecular flexibility index (Phi) is 3.71. The summed E-state index contributed by atoms with van der Waals surface area (Å²) in [5.41, 5.74) is 0. The van der Waals surface area contributed by atoms with Gasteiger partial charge in [-0.2, -0.15) is 0 Å². The summed E-state index contributed by atoms with van der Waals surface area (Å²) in [4.78, 5) is 0. The van der Waals surface area contributed by atoms with Gasteiger partial charge in [-0.05, 0) is 13.3 Å². The van der Waals surface area contributed by atoms with Gasteiger partial charge >= 0.3 is 0 Å². The highest BCUT2D eigenvalue weighted by Gasteiger charge is 2.39. The molecule has 0 aromatic carbocycles. The lowest BCUT2D eigenvalue weighted by molar-refractivity contribution is -0.191. The summed E-state index contributed by atoms with van der Waals surface area (Å²) in [5, 5.41) is 19.2. The fourth-order valence-electron chi connectivity index (χ4n) is 1.90. The first kappa shape index (κ1) is 11.0. The average molecular weight is 188 g/mol. The van der Waals surface area contributed by atoms with Crippen molar-refractivity contribution in [3.8, 4) is 0 Å². The molecule has 0 saturated carbocycles. The summed E-state index contributed by atoms with van der Waals surface area (Å²) in [5.74, 6) is 0.0335. The largest absolute Gasteiger partial charge is 0.390 e. The maximum absolute atomic E-state index is 9.68. The zero-order valence-electron chi connectivity index (χ0n) is 8.60. The van der Waals surface area contributed by atoms with Crippen LogP contribution in [0.2, 0.25) is 0 Å². The van der Waals surface area contributed by atoms with Crippen LogP contribution in [0.1, 0.15) is 33.6 Å². The van der Waals surface area contributed by atoms with Crippen molar-refractivity contribution < 1.29 is 14.9 Å². The SMILES string of the molecule is CCCC1OC(C)C(O)C(O)C1C. The monoisotopic (exact) mass is 188 g/mol. The first-order valence-corrected chi connectivity index (χ1v) is 5.09. The number of hydrogen-bond acceptors (Lipinski definition) is 3. The number of hydrogen-bond donors (Lipinski definition) is 2. The molecule has 0 aromatic heterocycles. The molecule has 1 rings (SSSR count). The molecule has 1 saturated heterocycles. The van der Waals surface area contributed by atoms with E-state index in [2.05, 4.69) is 6.92 Å². The van der Waals surface area contributed by atoms with Gasteiger partial charge in [-0.25, -0.2) is 0 Å². The minimum absolute atomic E-state index is 0.0335. The minimum atomic E-state index is -0.733. The van der Waals surface area contributed by atoms with Crippen LogP contribution in [0.15, 0.2) is 0 Å². The van der Waals surface area contributed by atoms with Crippen LogP contribution >= 0.6 is 0 Å². The van der Waals surface area contributed by atoms with Crippen molar-refractivity contribution in [2.24, 2.45) is 5.92 Å². The molecule has 0 spiro atoms. The first-order chi connectivity index (χ1) is 6.07. The van der Waals surface area contributed by atoms with E-state index in [4.69, 9.17) is 4.74 Å². The number of aliphatic hydroxyl groups excluding tert-OH is 2. The van der Waals surface area contributed by atoms with Gasteiger partial charge in [0.05, 0.1) is 18.3 Å². The molecule has 1 aliphatic rings. The summed E-state index contributed by atoms with van der Waals surface area (Å²) >= 11 is 0. The smallest absolute Gasteiger partial charge is 0.106 e. The van der Waals surface area contributed by atoms with E-state index >= 15 is 0 Å². The summed E-state index contributed by atoms with van der Waals surface area (Å²) < 4.78 is 5.61. The Bertz CT molecular complexity index is 160. The van der Waals surface area contributed by atoms with E-state index in [-0.39, 0.29) is 18.1 Å². The summed E-state index contributed by atoms with van der Waals surface area (Å²) in [6, 6.07) is 0. The van der Waals surface area contributed by atoms with Crippen molar-refractivity contribution in [1.82, 2.24) is 0 Å². The third-order valence-electron chi connectivity index (χ3n) is 2.92. The molecule has 78 valence electrons. The second-order valence-corrected chi connectivity index (χ2v) is 4.01. The van der Waals surface area contributed by atoms with E-state index in [9.17, 15) is 10.2 Å². The van der Waals surface area contributed by atoms with Crippen LogP contribution in [0, 0.1) is 5.92 Å². The van der Waals surface area contributed by atoms with Crippen LogP contribution in [0.3, 0.4) is 0 Å². The molecule has 1 heterocycles. The Balaban J connectivity index is 2.59. The Morgan fingerprint density at radius 3 is 2.31 bits per heavy atom. The van der Waals surface area contributed by atoms with Crippen molar-refractivity contribution in [2.75, 3.05) is 0 Å². The topological polar surface area (TPSA) is 49.7 Å². The van der Waals surface area contributed by atoms with Gasteiger partial charge in [0, 0.05) is 5.92 Å². The van der Waals surface area contributed by atoms with Gasteiger partial charge in [0.2, 0.25) is 0 Å². The van der Waals surface area contributed by atoms with Crippen molar-refractivity contribution in [3.63, 3.8) is 0 Å². The second kappa shape index (κ2) is 4.40. The van der Waals surface area contributed by atoms with Crippen LogP contribution in [0.5, 0.6) is 0 Å². The van der Waals surface area contributed by atoms with E-state index < -0.39 is 12.2 Å². The molecule has 1 aliphatic heterocycles. The summed E-state index contributed by atoms with van der Waals surface area (Å²) in [6.07, 6.45) is 0.476. The van der Waals surface area contributed by atoms with Crippen LogP contribution in [-0.4, -0.2) is 34.6 Å². The van der Waals surface area contributed by atoms with Crippen LogP contribution in [0.4, 0.5) is 0 Å². The Hall–Kier alpha value is -0.120. The summed E-state index contributed by atoms with van der Waals surface area (Å²) in [7, 11) is 0. The predicted molar refractivity (Wildman–Crippen MR) is 50.4 cm³/mol. The highest BCUT2D eigenvalue weighted by molar-refractivity contribution is 4.87. The van der Waals surface area contributed by atoms with Gasteiger partial charge in [0.25, 0.3) is 0 Å². The lowest BCUT2D eigenvalue weighted by Gasteiger charge is -2.40. The van der Waals surface area contributed by atoms with Gasteiger partial charge in [-0.15, -0.1) is 0 Å². The molecule has 5 unspecified atom stereocenters. The first-order valence-electron chi connectivity index (χ1n) is 5.09. The zero-order valence-corrected chi connectivity index (χ0v) is 8.60. The predicted octanol–water partition coefficient (Wildman–Crippen LogP) is 0.932. The molecule has 5 atom stereocenters. The van der Waals surface area contributed by atoms with Crippen molar-refractivity contribution in [1.29, 1.82) is 0 Å². The van der Waals surface area contributed by atoms with Crippen LogP contribution in [-0.2, 0) is 4.74 Å². The standard InChI is InChI=1S/C10H20O3/c1-4-5-8-6(2)9(11)10(12)7(3)13-8/h6-12H,4-5H2,1-3H3. The number of ether oxygens (including phenoxy) is 1. The molecular formula is C10H20O3. The van der Waals surface area contributed by atoms with E-state index in [1.165, 1.54) is 0 Å². The van der Waals surface area contributed by atoms with Gasteiger partial charge in [0.15, 0.2) is 0 Å². The fraction of sp³-hybridized carbons (Fsp3) is 1.00. The zero-order chi connectivity index (χ0) is 10.0. The van der Waals surface area contributed by atoms with Crippen molar-refractivity contribution >= 4 is 0 Å². The van der Waals surface area contributed by atoms with Gasteiger partial charge in [0.1, 0.15) is 6.10 Å². The lowest BCUT2D eigenvalue weighted by Crippen LogP contribution is -2.52. The molecule has 3 heteroatoms. The summed E-state index contributed by atoms with van der Waals surface area (Å²) in [6.45, 7) is 5.83. The molecular weight excluding hydrogens is 168 g/mol. The van der Waals surface area contributed by atoms with Gasteiger partial charge in [-0.3, -0.25) is 0 Å². The van der Waals surface area contributed by atoms with Crippen molar-refractivity contribution in [2.45, 2.75) is 58.0 Å². The van der Waals surface area contributed by atoms with E-state index in [0.29, 0.717) is 0 Å². The maximum Gasteiger partial charge on any atom is 0.106 e. The third-order valence-corrected chi connectivity index (χ3v) is 2.92. The van der Waals surface area contributed by atoms with Crippen LogP contribution in [0.25, 0.3) is 0 Å². The minimum Gasteiger partial charge on any atom is -0.390 e. The Morgan fingerprint density at radius 1 is 1.15 bits per heavy atom. The molecule has 3 nitrogen and oxygen atoms in total. The van der Waals surface area contributed by atoms with Gasteiger partial charge in [-0.1, -0.05) is 20.3 Å². The van der Waals surface area contributed by atoms with E-state index in [0.717, 1.165) is 12.8 Å². The maximum atomic E-state index is 9.68. The lowest BCUT2D eigenvalue weighted by atomic mass is 9.87. The Morgan fingerprint density at radius 2 is 1.77 bits per heavy atom. The third kappa shape index (κ3) is 2.22. The molecule has 13 heavy (non-hydrogen) atoms. The molecule has 0 aromatic rings. The van der Waals surface area contributed by atoms with Gasteiger partial charge < -0.3 is 14.9 Å². The highest BCUT2D eigenvalue weighted by Crippen LogP contribution is 2.28. The average Bonchev–Trinajstić information content (AvgIpc) is 2.11. The molecule has 0 radical (unpaired) electrons. The molecule has 0 aliphatic carbocycles. The molecule has 2 N–H and O–H groups in total. The Labute approximate surface area is 79.7 Å². The van der Waals surface area contributed by atoms with Crippen LogP contribution < -0.4 is 0 Å². The highest BCUT2D eigenvalue weighted by atomic mass is 16.5.